The van der Waals surface area contributed by atoms with Crippen molar-refractivity contribution < 1.29 is 23.9 Å². The number of carbonyl (C=O) groups excluding carboxylic acids is 4. The van der Waals surface area contributed by atoms with E-state index in [1.165, 1.54) is 11.0 Å². The van der Waals surface area contributed by atoms with E-state index in [0.29, 0.717) is 42.9 Å². The van der Waals surface area contributed by atoms with Crippen molar-refractivity contribution in [3.05, 3.63) is 47.5 Å². The molecule has 1 saturated carbocycles. The lowest BCUT2D eigenvalue weighted by Gasteiger charge is -2.34. The van der Waals surface area contributed by atoms with Crippen LogP contribution in [0.1, 0.15) is 63.2 Å². The molecule has 1 saturated heterocycles. The van der Waals surface area contributed by atoms with Crippen LogP contribution in [0.25, 0.3) is 0 Å². The first-order chi connectivity index (χ1) is 15.0. The van der Waals surface area contributed by atoms with Gasteiger partial charge < -0.3 is 14.5 Å². The van der Waals surface area contributed by atoms with Gasteiger partial charge in [-0.3, -0.25) is 19.3 Å². The average molecular weight is 425 g/mol. The van der Waals surface area contributed by atoms with Gasteiger partial charge in [-0.05, 0) is 31.0 Å². The number of hydrogen-bond donors (Lipinski definition) is 0. The third-order valence-electron chi connectivity index (χ3n) is 6.25. The highest BCUT2D eigenvalue weighted by Crippen LogP contribution is 2.31. The predicted octanol–water partition coefficient (Wildman–Crippen LogP) is 2.70. The lowest BCUT2D eigenvalue weighted by atomic mass is 9.94. The third-order valence-corrected chi connectivity index (χ3v) is 6.25. The van der Waals surface area contributed by atoms with E-state index in [9.17, 15) is 19.2 Å². The zero-order chi connectivity index (χ0) is 22.0. The molecular weight excluding hydrogens is 398 g/mol. The molecule has 4 amide bonds. The summed E-state index contributed by atoms with van der Waals surface area (Å²) in [6, 6.07) is 4.70. The number of amides is 4. The van der Waals surface area contributed by atoms with Crippen LogP contribution in [0.3, 0.4) is 0 Å². The van der Waals surface area contributed by atoms with Crippen molar-refractivity contribution in [1.29, 1.82) is 0 Å². The number of benzene rings is 1. The molecule has 2 aliphatic heterocycles. The minimum atomic E-state index is -0.420. The molecule has 4 rings (SSSR count). The lowest BCUT2D eigenvalue weighted by Crippen LogP contribution is -2.50. The van der Waals surface area contributed by atoms with Crippen LogP contribution < -0.4 is 0 Å². The second-order valence-corrected chi connectivity index (χ2v) is 8.18. The summed E-state index contributed by atoms with van der Waals surface area (Å²) in [4.78, 5) is 55.3. The number of ether oxygens (including phenoxy) is 1. The number of fused-ring (bicyclic) bond motifs is 1. The van der Waals surface area contributed by atoms with Crippen molar-refractivity contribution in [2.45, 2.75) is 38.1 Å². The monoisotopic (exact) mass is 425 g/mol. The van der Waals surface area contributed by atoms with Gasteiger partial charge in [0.25, 0.3) is 17.7 Å². The van der Waals surface area contributed by atoms with E-state index in [-0.39, 0.29) is 30.4 Å². The zero-order valence-electron chi connectivity index (χ0n) is 17.5. The fourth-order valence-electron chi connectivity index (χ4n) is 4.56. The molecule has 2 heterocycles. The zero-order valence-corrected chi connectivity index (χ0v) is 17.5. The Morgan fingerprint density at radius 3 is 2.29 bits per heavy atom. The van der Waals surface area contributed by atoms with Gasteiger partial charge in [0.1, 0.15) is 6.61 Å². The molecule has 0 radical (unpaired) electrons. The van der Waals surface area contributed by atoms with Crippen LogP contribution in [0.4, 0.5) is 4.79 Å². The molecule has 2 fully saturated rings. The Morgan fingerprint density at radius 2 is 1.61 bits per heavy atom. The molecule has 3 aliphatic rings. The standard InChI is InChI=1S/C23H27N3O5/c1-2-14-31-23(30)25-12-10-24(11-13-25)20(27)16-8-9-18-19(15-16)22(29)26(21(18)28)17-6-4-3-5-7-17/h2,8-9,15,17H,1,3-7,10-14H2. The van der Waals surface area contributed by atoms with Crippen molar-refractivity contribution >= 4 is 23.8 Å². The van der Waals surface area contributed by atoms with E-state index in [2.05, 4.69) is 6.58 Å². The first-order valence-electron chi connectivity index (χ1n) is 10.8. The summed E-state index contributed by atoms with van der Waals surface area (Å²) in [7, 11) is 0. The van der Waals surface area contributed by atoms with Gasteiger partial charge in [-0.1, -0.05) is 31.9 Å². The normalized spacial score (nSPS) is 19.4. The Kier molecular flexibility index (Phi) is 6.06. The van der Waals surface area contributed by atoms with Crippen molar-refractivity contribution in [3.63, 3.8) is 0 Å². The minimum Gasteiger partial charge on any atom is -0.445 e. The molecule has 0 atom stereocenters. The summed E-state index contributed by atoms with van der Waals surface area (Å²) in [6.45, 7) is 5.17. The van der Waals surface area contributed by atoms with Crippen molar-refractivity contribution in [2.75, 3.05) is 32.8 Å². The van der Waals surface area contributed by atoms with Crippen LogP contribution in [-0.2, 0) is 4.74 Å². The Morgan fingerprint density at radius 1 is 0.968 bits per heavy atom. The molecular formula is C23H27N3O5. The van der Waals surface area contributed by atoms with Crippen LogP contribution in [0, 0.1) is 0 Å². The van der Waals surface area contributed by atoms with Crippen molar-refractivity contribution in [2.24, 2.45) is 0 Å². The number of hydrogen-bond acceptors (Lipinski definition) is 5. The molecule has 1 aliphatic carbocycles. The molecule has 0 aromatic heterocycles. The molecule has 0 bridgehead atoms. The highest BCUT2D eigenvalue weighted by molar-refractivity contribution is 6.22. The molecule has 31 heavy (non-hydrogen) atoms. The molecule has 164 valence electrons. The quantitative estimate of drug-likeness (QED) is 0.547. The van der Waals surface area contributed by atoms with Crippen LogP contribution >= 0.6 is 0 Å². The Labute approximate surface area is 181 Å². The van der Waals surface area contributed by atoms with Crippen LogP contribution in [0.15, 0.2) is 30.9 Å². The SMILES string of the molecule is C=CCOC(=O)N1CCN(C(=O)c2ccc3c(c2)C(=O)N(C2CCCCC2)C3=O)CC1. The molecule has 8 nitrogen and oxygen atoms in total. The number of nitrogens with zero attached hydrogens (tertiary/aromatic N) is 3. The lowest BCUT2D eigenvalue weighted by molar-refractivity contribution is 0.0548. The summed E-state index contributed by atoms with van der Waals surface area (Å²) in [5.74, 6) is -0.757. The van der Waals surface area contributed by atoms with E-state index in [0.717, 1.165) is 32.1 Å². The van der Waals surface area contributed by atoms with E-state index in [4.69, 9.17) is 4.74 Å². The molecule has 8 heteroatoms. The third kappa shape index (κ3) is 4.06. The summed E-state index contributed by atoms with van der Waals surface area (Å²) in [6.07, 6.45) is 5.96. The Bertz CT molecular complexity index is 914. The molecule has 0 N–H and O–H groups in total. The van der Waals surface area contributed by atoms with E-state index in [1.54, 1.807) is 28.0 Å². The molecule has 1 aromatic rings. The first-order valence-corrected chi connectivity index (χ1v) is 10.8. The summed E-state index contributed by atoms with van der Waals surface area (Å²) in [5, 5.41) is 0. The van der Waals surface area contributed by atoms with E-state index >= 15 is 0 Å². The van der Waals surface area contributed by atoms with Crippen molar-refractivity contribution in [1.82, 2.24) is 14.7 Å². The van der Waals surface area contributed by atoms with E-state index < -0.39 is 6.09 Å². The summed E-state index contributed by atoms with van der Waals surface area (Å²) < 4.78 is 5.03. The number of piperazine rings is 1. The molecule has 0 unspecified atom stereocenters. The van der Waals surface area contributed by atoms with Gasteiger partial charge in [-0.25, -0.2) is 4.79 Å². The van der Waals surface area contributed by atoms with Gasteiger partial charge in [0.15, 0.2) is 0 Å². The Hall–Kier alpha value is -3.16. The number of imide groups is 1. The summed E-state index contributed by atoms with van der Waals surface area (Å²) >= 11 is 0. The van der Waals surface area contributed by atoms with E-state index in [1.807, 2.05) is 0 Å². The van der Waals surface area contributed by atoms with Crippen LogP contribution in [0.2, 0.25) is 0 Å². The summed E-state index contributed by atoms with van der Waals surface area (Å²) in [5.41, 5.74) is 1.07. The maximum Gasteiger partial charge on any atom is 0.410 e. The highest BCUT2D eigenvalue weighted by Gasteiger charge is 2.40. The minimum absolute atomic E-state index is 0.0470. The first kappa shape index (κ1) is 21.1. The smallest absolute Gasteiger partial charge is 0.410 e. The molecule has 0 spiro atoms. The number of rotatable bonds is 4. The van der Waals surface area contributed by atoms with Gasteiger partial charge >= 0.3 is 6.09 Å². The largest absolute Gasteiger partial charge is 0.445 e. The second-order valence-electron chi connectivity index (χ2n) is 8.18. The van der Waals surface area contributed by atoms with Gasteiger partial charge in [-0.2, -0.15) is 0 Å². The second kappa shape index (κ2) is 8.91. The van der Waals surface area contributed by atoms with Gasteiger partial charge in [0.2, 0.25) is 0 Å². The number of carbonyl (C=O) groups is 4. The van der Waals surface area contributed by atoms with Gasteiger partial charge in [0, 0.05) is 37.8 Å². The molecule has 1 aromatic carbocycles. The maximum absolute atomic E-state index is 13.0. The van der Waals surface area contributed by atoms with Crippen LogP contribution in [0.5, 0.6) is 0 Å². The van der Waals surface area contributed by atoms with Crippen LogP contribution in [-0.4, -0.2) is 77.3 Å². The van der Waals surface area contributed by atoms with Crippen molar-refractivity contribution in [3.8, 4) is 0 Å². The fraction of sp³-hybridized carbons (Fsp3) is 0.478. The topological polar surface area (TPSA) is 87.2 Å². The fourth-order valence-corrected chi connectivity index (χ4v) is 4.56. The average Bonchev–Trinajstić information content (AvgIpc) is 3.07. The Balaban J connectivity index is 1.43. The predicted molar refractivity (Wildman–Crippen MR) is 113 cm³/mol. The van der Waals surface area contributed by atoms with Gasteiger partial charge in [0.05, 0.1) is 11.1 Å². The van der Waals surface area contributed by atoms with Gasteiger partial charge in [-0.15, -0.1) is 0 Å². The highest BCUT2D eigenvalue weighted by atomic mass is 16.6. The maximum atomic E-state index is 13.0.